The number of aryl methyl sites for hydroxylation is 1. The van der Waals surface area contributed by atoms with Crippen LogP contribution in [0.4, 0.5) is 11.4 Å². The molecule has 3 aromatic rings. The number of piperidine rings is 1. The second kappa shape index (κ2) is 8.99. The lowest BCUT2D eigenvalue weighted by atomic mass is 9.98. The van der Waals surface area contributed by atoms with E-state index in [0.717, 1.165) is 41.1 Å². The summed E-state index contributed by atoms with van der Waals surface area (Å²) >= 11 is 12.7. The van der Waals surface area contributed by atoms with Crippen LogP contribution < -0.4 is 15.1 Å². The summed E-state index contributed by atoms with van der Waals surface area (Å²) < 4.78 is 2.23. The largest absolute Gasteiger partial charge is 0.370 e. The molecule has 2 aliphatic rings. The van der Waals surface area contributed by atoms with Gasteiger partial charge in [0.2, 0.25) is 0 Å². The van der Waals surface area contributed by atoms with Crippen LogP contribution in [-0.4, -0.2) is 27.8 Å². The Balaban J connectivity index is 1.53. The van der Waals surface area contributed by atoms with Gasteiger partial charge < -0.3 is 19.7 Å². The van der Waals surface area contributed by atoms with Gasteiger partial charge in [-0.1, -0.05) is 24.6 Å². The lowest BCUT2D eigenvalue weighted by Crippen LogP contribution is -2.33. The molecule has 4 heterocycles. The van der Waals surface area contributed by atoms with Gasteiger partial charge in [0.1, 0.15) is 6.04 Å². The molecule has 0 radical (unpaired) electrons. The Bertz CT molecular complexity index is 1150. The van der Waals surface area contributed by atoms with E-state index in [1.165, 1.54) is 24.2 Å². The molecule has 1 aromatic carbocycles. The molecule has 2 aliphatic heterocycles. The van der Waals surface area contributed by atoms with Crippen LogP contribution in [0.5, 0.6) is 0 Å². The molecule has 0 spiro atoms. The summed E-state index contributed by atoms with van der Waals surface area (Å²) in [5.74, 6) is 0.783. The molecule has 0 bridgehead atoms. The van der Waals surface area contributed by atoms with Gasteiger partial charge in [0, 0.05) is 43.4 Å². The predicted molar refractivity (Wildman–Crippen MR) is 140 cm³/mol. The smallest absolute Gasteiger partial charge is 0.174 e. The van der Waals surface area contributed by atoms with Crippen LogP contribution in [0.3, 0.4) is 0 Å². The van der Waals surface area contributed by atoms with Crippen LogP contribution in [-0.2, 0) is 7.05 Å². The van der Waals surface area contributed by atoms with E-state index in [1.54, 1.807) is 0 Å². The summed E-state index contributed by atoms with van der Waals surface area (Å²) in [5.41, 5.74) is 5.46. The minimum absolute atomic E-state index is 0.0381. The van der Waals surface area contributed by atoms with E-state index < -0.39 is 0 Å². The molecule has 172 valence electrons. The third-order valence-corrected chi connectivity index (χ3v) is 7.76. The van der Waals surface area contributed by atoms with E-state index >= 15 is 0 Å². The number of rotatable bonds is 4. The second-order valence-electron chi connectivity index (χ2n) is 9.26. The van der Waals surface area contributed by atoms with Crippen LogP contribution in [0.25, 0.3) is 0 Å². The molecule has 2 unspecified atom stereocenters. The molecule has 5 nitrogen and oxygen atoms in total. The standard InChI is InChI=1S/C26H30ClN5S/c1-17-11-14-31(15-12-17)22-10-8-19(16-20(22)27)32-25(23-9-7-18(2)30(23)3)24(29-26(32)33)21-6-4-5-13-28-21/h4-10,13,16-17,24-25H,11-12,14-15H2,1-3H3,(H,29,33). The average Bonchev–Trinajstić information content (AvgIpc) is 3.33. The third kappa shape index (κ3) is 4.11. The lowest BCUT2D eigenvalue weighted by Gasteiger charge is -2.33. The molecule has 7 heteroatoms. The average molecular weight is 480 g/mol. The minimum atomic E-state index is -0.0614. The molecule has 2 saturated heterocycles. The highest BCUT2D eigenvalue weighted by atomic mass is 35.5. The van der Waals surface area contributed by atoms with Crippen molar-refractivity contribution in [3.8, 4) is 0 Å². The Morgan fingerprint density at radius 3 is 2.52 bits per heavy atom. The summed E-state index contributed by atoms with van der Waals surface area (Å²) in [6.07, 6.45) is 4.25. The van der Waals surface area contributed by atoms with Gasteiger partial charge in [0.25, 0.3) is 0 Å². The number of benzene rings is 1. The topological polar surface area (TPSA) is 36.3 Å². The molecular weight excluding hydrogens is 450 g/mol. The minimum Gasteiger partial charge on any atom is -0.370 e. The van der Waals surface area contributed by atoms with Crippen molar-refractivity contribution >= 4 is 40.3 Å². The van der Waals surface area contributed by atoms with Crippen LogP contribution in [0.2, 0.25) is 5.02 Å². The van der Waals surface area contributed by atoms with Crippen molar-refractivity contribution in [2.75, 3.05) is 22.9 Å². The molecule has 0 saturated carbocycles. The quantitative estimate of drug-likeness (QED) is 0.479. The molecule has 0 amide bonds. The Morgan fingerprint density at radius 1 is 1.09 bits per heavy atom. The normalized spacial score (nSPS) is 21.5. The fourth-order valence-electron chi connectivity index (χ4n) is 5.02. The first-order valence-electron chi connectivity index (χ1n) is 11.6. The number of hydrogen-bond acceptors (Lipinski definition) is 3. The van der Waals surface area contributed by atoms with Crippen molar-refractivity contribution in [1.29, 1.82) is 0 Å². The maximum absolute atomic E-state index is 6.86. The number of anilines is 2. The Hall–Kier alpha value is -2.57. The highest BCUT2D eigenvalue weighted by molar-refractivity contribution is 7.80. The molecule has 33 heavy (non-hydrogen) atoms. The number of hydrogen-bond donors (Lipinski definition) is 1. The molecule has 2 aromatic heterocycles. The summed E-state index contributed by atoms with van der Waals surface area (Å²) in [5, 5.41) is 4.99. The number of nitrogens with one attached hydrogen (secondary N) is 1. The van der Waals surface area contributed by atoms with E-state index in [0.29, 0.717) is 5.11 Å². The summed E-state index contributed by atoms with van der Waals surface area (Å²) in [7, 11) is 2.10. The highest BCUT2D eigenvalue weighted by Gasteiger charge is 2.42. The van der Waals surface area contributed by atoms with Gasteiger partial charge in [0.05, 0.1) is 22.4 Å². The van der Waals surface area contributed by atoms with Crippen molar-refractivity contribution < 1.29 is 0 Å². The fraction of sp³-hybridized carbons (Fsp3) is 0.385. The number of thiocarbonyl (C=S) groups is 1. The maximum atomic E-state index is 6.86. The van der Waals surface area contributed by atoms with Crippen molar-refractivity contribution in [3.63, 3.8) is 0 Å². The summed E-state index contributed by atoms with van der Waals surface area (Å²) in [4.78, 5) is 9.24. The SMILES string of the molecule is Cc1ccc(C2C(c3ccccn3)NC(=S)N2c2ccc(N3CCC(C)CC3)c(Cl)c2)n1C. The molecule has 1 N–H and O–H groups in total. The number of aromatic nitrogens is 2. The van der Waals surface area contributed by atoms with E-state index in [-0.39, 0.29) is 12.1 Å². The van der Waals surface area contributed by atoms with E-state index in [9.17, 15) is 0 Å². The van der Waals surface area contributed by atoms with E-state index in [4.69, 9.17) is 23.8 Å². The first-order valence-corrected chi connectivity index (χ1v) is 12.4. The highest BCUT2D eigenvalue weighted by Crippen LogP contribution is 2.43. The van der Waals surface area contributed by atoms with Crippen LogP contribution >= 0.6 is 23.8 Å². The molecule has 2 fully saturated rings. The van der Waals surface area contributed by atoms with Crippen molar-refractivity contribution in [1.82, 2.24) is 14.9 Å². The van der Waals surface area contributed by atoms with Gasteiger partial charge in [-0.25, -0.2) is 0 Å². The van der Waals surface area contributed by atoms with E-state index in [2.05, 4.69) is 82.0 Å². The van der Waals surface area contributed by atoms with Gasteiger partial charge in [-0.05, 0) is 80.4 Å². The second-order valence-corrected chi connectivity index (χ2v) is 10.1. The summed E-state index contributed by atoms with van der Waals surface area (Å²) in [6, 6.07) is 16.6. The zero-order valence-electron chi connectivity index (χ0n) is 19.3. The molecule has 2 atom stereocenters. The lowest BCUT2D eigenvalue weighted by molar-refractivity contribution is 0.438. The zero-order valence-corrected chi connectivity index (χ0v) is 20.9. The first-order chi connectivity index (χ1) is 15.9. The number of pyridine rings is 1. The summed E-state index contributed by atoms with van der Waals surface area (Å²) in [6.45, 7) is 6.55. The van der Waals surface area contributed by atoms with Crippen LogP contribution in [0.1, 0.15) is 48.9 Å². The zero-order chi connectivity index (χ0) is 23.1. The van der Waals surface area contributed by atoms with Crippen LogP contribution in [0.15, 0.2) is 54.7 Å². The van der Waals surface area contributed by atoms with Crippen molar-refractivity contribution in [2.45, 2.75) is 38.8 Å². The van der Waals surface area contributed by atoms with Gasteiger partial charge in [-0.3, -0.25) is 4.98 Å². The van der Waals surface area contributed by atoms with Gasteiger partial charge >= 0.3 is 0 Å². The van der Waals surface area contributed by atoms with E-state index in [1.807, 2.05) is 18.3 Å². The Morgan fingerprint density at radius 2 is 1.88 bits per heavy atom. The first kappa shape index (κ1) is 22.2. The van der Waals surface area contributed by atoms with Gasteiger partial charge in [-0.15, -0.1) is 0 Å². The maximum Gasteiger partial charge on any atom is 0.174 e. The number of halogens is 1. The Kier molecular flexibility index (Phi) is 6.06. The van der Waals surface area contributed by atoms with Crippen molar-refractivity contribution in [2.24, 2.45) is 13.0 Å². The van der Waals surface area contributed by atoms with Crippen molar-refractivity contribution in [3.05, 3.63) is 76.8 Å². The van der Waals surface area contributed by atoms with Gasteiger partial charge in [0.15, 0.2) is 5.11 Å². The molecule has 5 rings (SSSR count). The third-order valence-electron chi connectivity index (χ3n) is 7.15. The van der Waals surface area contributed by atoms with Gasteiger partial charge in [-0.2, -0.15) is 0 Å². The predicted octanol–water partition coefficient (Wildman–Crippen LogP) is 5.80. The number of nitrogens with zero attached hydrogens (tertiary/aromatic N) is 4. The van der Waals surface area contributed by atoms with Crippen LogP contribution in [0, 0.1) is 12.8 Å². The molecule has 0 aliphatic carbocycles. The monoisotopic (exact) mass is 479 g/mol. The Labute approximate surface area is 206 Å². The fourth-order valence-corrected chi connectivity index (χ4v) is 5.66. The molecular formula is C26H30ClN5S.